The molecule has 0 aliphatic carbocycles. The van der Waals surface area contributed by atoms with Gasteiger partial charge in [0.05, 0.1) is 12.1 Å². The highest BCUT2D eigenvalue weighted by Gasteiger charge is 2.15. The minimum absolute atomic E-state index is 0.256. The number of hydrogen-bond acceptors (Lipinski definition) is 2. The van der Waals surface area contributed by atoms with E-state index >= 15 is 0 Å². The molecule has 0 aliphatic rings. The van der Waals surface area contributed by atoms with E-state index in [1.54, 1.807) is 0 Å². The van der Waals surface area contributed by atoms with E-state index in [1.807, 2.05) is 24.3 Å². The Hall–Kier alpha value is -0.130. The molecule has 0 fully saturated rings. The monoisotopic (exact) mass is 319 g/mol. The highest BCUT2D eigenvalue weighted by molar-refractivity contribution is 14.1. The fraction of sp³-hybridized carbons (Fsp3) is 0.500. The Labute approximate surface area is 105 Å². The van der Waals surface area contributed by atoms with Crippen molar-refractivity contribution in [2.24, 2.45) is 5.73 Å². The van der Waals surface area contributed by atoms with Crippen molar-refractivity contribution >= 4 is 22.6 Å². The second kappa shape index (κ2) is 6.45. The first-order chi connectivity index (χ1) is 7.15. The van der Waals surface area contributed by atoms with Crippen molar-refractivity contribution in [3.05, 3.63) is 33.4 Å². The van der Waals surface area contributed by atoms with Crippen molar-refractivity contribution < 1.29 is 5.11 Å². The van der Waals surface area contributed by atoms with Crippen molar-refractivity contribution in [1.29, 1.82) is 0 Å². The van der Waals surface area contributed by atoms with E-state index in [4.69, 9.17) is 5.73 Å². The third kappa shape index (κ3) is 4.09. The van der Waals surface area contributed by atoms with Gasteiger partial charge in [0.1, 0.15) is 0 Å². The van der Waals surface area contributed by atoms with Gasteiger partial charge >= 0.3 is 0 Å². The molecule has 0 spiro atoms. The summed E-state index contributed by atoms with van der Waals surface area (Å²) < 4.78 is 1.19. The molecule has 1 aromatic rings. The lowest BCUT2D eigenvalue weighted by molar-refractivity contribution is 0.132. The topological polar surface area (TPSA) is 46.2 Å². The Balaban J connectivity index is 2.59. The highest BCUT2D eigenvalue weighted by Crippen LogP contribution is 2.19. The van der Waals surface area contributed by atoms with Crippen LogP contribution in [-0.2, 0) is 0 Å². The Kier molecular flexibility index (Phi) is 5.56. The van der Waals surface area contributed by atoms with Gasteiger partial charge in [0.25, 0.3) is 0 Å². The van der Waals surface area contributed by atoms with Crippen LogP contribution in [0.15, 0.2) is 24.3 Å². The normalized spacial score (nSPS) is 14.9. The lowest BCUT2D eigenvalue weighted by Gasteiger charge is -2.18. The smallest absolute Gasteiger partial charge is 0.0732 e. The predicted octanol–water partition coefficient (Wildman–Crippen LogP) is 2.84. The third-order valence-electron chi connectivity index (χ3n) is 2.52. The molecule has 3 N–H and O–H groups in total. The van der Waals surface area contributed by atoms with E-state index < -0.39 is 6.10 Å². The summed E-state index contributed by atoms with van der Waals surface area (Å²) in [4.78, 5) is 0. The third-order valence-corrected chi connectivity index (χ3v) is 3.24. The number of benzene rings is 1. The van der Waals surface area contributed by atoms with E-state index in [1.165, 1.54) is 3.57 Å². The van der Waals surface area contributed by atoms with Crippen LogP contribution in [0.1, 0.15) is 37.8 Å². The fourth-order valence-electron chi connectivity index (χ4n) is 1.50. The molecule has 0 radical (unpaired) electrons. The Morgan fingerprint density at radius 3 is 2.47 bits per heavy atom. The summed E-state index contributed by atoms with van der Waals surface area (Å²) in [6.45, 7) is 2.11. The Morgan fingerprint density at radius 2 is 1.93 bits per heavy atom. The zero-order chi connectivity index (χ0) is 11.3. The van der Waals surface area contributed by atoms with Crippen molar-refractivity contribution in [1.82, 2.24) is 0 Å². The first-order valence-electron chi connectivity index (χ1n) is 5.34. The molecular weight excluding hydrogens is 301 g/mol. The fourth-order valence-corrected chi connectivity index (χ4v) is 1.86. The number of hydrogen-bond donors (Lipinski definition) is 2. The molecule has 1 aromatic carbocycles. The maximum Gasteiger partial charge on any atom is 0.0732 e. The molecule has 0 bridgehead atoms. The van der Waals surface area contributed by atoms with Gasteiger partial charge in [-0.25, -0.2) is 0 Å². The molecular formula is C12H18INO. The van der Waals surface area contributed by atoms with Crippen LogP contribution in [0.4, 0.5) is 0 Å². The van der Waals surface area contributed by atoms with Crippen molar-refractivity contribution in [2.75, 3.05) is 0 Å². The van der Waals surface area contributed by atoms with Gasteiger partial charge in [0, 0.05) is 3.57 Å². The van der Waals surface area contributed by atoms with Crippen LogP contribution in [0.3, 0.4) is 0 Å². The zero-order valence-electron chi connectivity index (χ0n) is 8.99. The predicted molar refractivity (Wildman–Crippen MR) is 71.6 cm³/mol. The lowest BCUT2D eigenvalue weighted by Crippen LogP contribution is -2.26. The van der Waals surface area contributed by atoms with E-state index in [0.717, 1.165) is 24.8 Å². The van der Waals surface area contributed by atoms with Crippen molar-refractivity contribution in [3.63, 3.8) is 0 Å². The molecule has 3 heteroatoms. The van der Waals surface area contributed by atoms with Crippen LogP contribution in [0.25, 0.3) is 0 Å². The van der Waals surface area contributed by atoms with Gasteiger partial charge in [-0.3, -0.25) is 0 Å². The van der Waals surface area contributed by atoms with Crippen LogP contribution in [-0.4, -0.2) is 11.2 Å². The number of unbranched alkanes of at least 4 members (excludes halogenated alkanes) is 1. The lowest BCUT2D eigenvalue weighted by atomic mass is 9.99. The summed E-state index contributed by atoms with van der Waals surface area (Å²) >= 11 is 2.26. The molecule has 0 aliphatic heterocycles. The van der Waals surface area contributed by atoms with E-state index in [2.05, 4.69) is 29.5 Å². The molecule has 15 heavy (non-hydrogen) atoms. The number of rotatable bonds is 5. The van der Waals surface area contributed by atoms with Gasteiger partial charge in [-0.2, -0.15) is 0 Å². The van der Waals surface area contributed by atoms with Gasteiger partial charge in [-0.05, 0) is 46.7 Å². The summed E-state index contributed by atoms with van der Waals surface area (Å²) in [5.41, 5.74) is 6.99. The average molecular weight is 319 g/mol. The molecule has 2 nitrogen and oxygen atoms in total. The van der Waals surface area contributed by atoms with Crippen LogP contribution >= 0.6 is 22.6 Å². The minimum atomic E-state index is -0.426. The summed E-state index contributed by atoms with van der Waals surface area (Å²) in [5.74, 6) is 0. The van der Waals surface area contributed by atoms with Gasteiger partial charge in [-0.15, -0.1) is 0 Å². The summed E-state index contributed by atoms with van der Waals surface area (Å²) in [6, 6.07) is 7.75. The van der Waals surface area contributed by atoms with Crippen LogP contribution in [0.5, 0.6) is 0 Å². The molecule has 0 heterocycles. The largest absolute Gasteiger partial charge is 0.391 e. The first kappa shape index (κ1) is 12.9. The summed E-state index contributed by atoms with van der Waals surface area (Å²) in [7, 11) is 0. The summed E-state index contributed by atoms with van der Waals surface area (Å²) in [5, 5.41) is 9.84. The number of halogens is 1. The quantitative estimate of drug-likeness (QED) is 0.820. The van der Waals surface area contributed by atoms with Gasteiger partial charge in [0.2, 0.25) is 0 Å². The Morgan fingerprint density at radius 1 is 1.33 bits per heavy atom. The zero-order valence-corrected chi connectivity index (χ0v) is 11.1. The number of aliphatic hydroxyl groups is 1. The molecule has 2 atom stereocenters. The molecule has 84 valence electrons. The summed E-state index contributed by atoms with van der Waals surface area (Å²) in [6.07, 6.45) is 2.48. The molecule has 1 rings (SSSR count). The maximum atomic E-state index is 9.84. The second-order valence-corrected chi connectivity index (χ2v) is 5.03. The second-order valence-electron chi connectivity index (χ2n) is 3.79. The minimum Gasteiger partial charge on any atom is -0.391 e. The maximum absolute atomic E-state index is 9.84. The van der Waals surface area contributed by atoms with Gasteiger partial charge < -0.3 is 10.8 Å². The van der Waals surface area contributed by atoms with E-state index in [-0.39, 0.29) is 6.04 Å². The van der Waals surface area contributed by atoms with Crippen LogP contribution < -0.4 is 5.73 Å². The van der Waals surface area contributed by atoms with Crippen LogP contribution in [0, 0.1) is 3.57 Å². The van der Waals surface area contributed by atoms with Crippen molar-refractivity contribution in [2.45, 2.75) is 38.3 Å². The van der Waals surface area contributed by atoms with E-state index in [0.29, 0.717) is 0 Å². The molecule has 0 saturated heterocycles. The molecule has 0 unspecified atom stereocenters. The molecule has 0 saturated carbocycles. The Bertz CT molecular complexity index is 286. The van der Waals surface area contributed by atoms with Crippen molar-refractivity contribution in [3.8, 4) is 0 Å². The first-order valence-corrected chi connectivity index (χ1v) is 6.42. The molecule has 0 amide bonds. The van der Waals surface area contributed by atoms with Gasteiger partial charge in [0.15, 0.2) is 0 Å². The standard InChI is InChI=1S/C12H18INO/c1-2-3-4-11(15)12(14)9-5-7-10(13)8-6-9/h5-8,11-12,15H,2-4,14H2,1H3/t11-,12+/m1/s1. The van der Waals surface area contributed by atoms with Gasteiger partial charge in [-0.1, -0.05) is 31.9 Å². The average Bonchev–Trinajstić information content (AvgIpc) is 2.26. The number of nitrogens with two attached hydrogens (primary N) is 1. The van der Waals surface area contributed by atoms with Crippen LogP contribution in [0.2, 0.25) is 0 Å². The SMILES string of the molecule is CCCC[C@@H](O)[C@@H](N)c1ccc(I)cc1. The highest BCUT2D eigenvalue weighted by atomic mass is 127. The van der Waals surface area contributed by atoms with E-state index in [9.17, 15) is 5.11 Å². The molecule has 0 aromatic heterocycles. The number of aliphatic hydroxyl groups excluding tert-OH is 1.